The highest BCUT2D eigenvalue weighted by atomic mass is 16.2. The number of piperazine rings is 2. The predicted octanol–water partition coefficient (Wildman–Crippen LogP) is 8.66. The summed E-state index contributed by atoms with van der Waals surface area (Å²) in [5.41, 5.74) is 16.5. The predicted molar refractivity (Wildman–Crippen MR) is 293 cm³/mol. The third kappa shape index (κ3) is 11.8. The molecular formula is C60H72N8O2+2. The van der Waals surface area contributed by atoms with Gasteiger partial charge in [-0.25, -0.2) is 9.15 Å². The fourth-order valence-corrected chi connectivity index (χ4v) is 9.68. The van der Waals surface area contributed by atoms with Crippen molar-refractivity contribution in [2.75, 3.05) is 128 Å². The summed E-state index contributed by atoms with van der Waals surface area (Å²) in [4.78, 5) is 39.7. The molecule has 0 radical (unpaired) electrons. The first-order valence-electron chi connectivity index (χ1n) is 24.9. The van der Waals surface area contributed by atoms with Crippen LogP contribution in [0.1, 0.15) is 47.9 Å². The molecule has 2 amide bonds. The van der Waals surface area contributed by atoms with Crippen LogP contribution in [0.25, 0.3) is 11.1 Å². The van der Waals surface area contributed by atoms with E-state index in [0.717, 1.165) is 39.0 Å². The van der Waals surface area contributed by atoms with Gasteiger partial charge >= 0.3 is 0 Å². The smallest absolute Gasteiger partial charge is 0.222 e. The van der Waals surface area contributed by atoms with Crippen LogP contribution in [0.3, 0.4) is 0 Å². The lowest BCUT2D eigenvalue weighted by Crippen LogP contribution is -2.49. The Balaban J connectivity index is 0.790. The molecule has 2 aliphatic carbocycles. The van der Waals surface area contributed by atoms with Gasteiger partial charge in [-0.05, 0) is 130 Å². The minimum absolute atomic E-state index is 0.191. The van der Waals surface area contributed by atoms with Gasteiger partial charge in [0.2, 0.25) is 11.8 Å². The minimum Gasteiger partial charge on any atom is -0.378 e. The van der Waals surface area contributed by atoms with Gasteiger partial charge in [0.05, 0.1) is 0 Å². The number of unbranched alkanes of at least 4 members (excludes halogenated alkanes) is 1. The third-order valence-corrected chi connectivity index (χ3v) is 14.0. The van der Waals surface area contributed by atoms with Crippen molar-refractivity contribution in [2.45, 2.75) is 25.7 Å². The van der Waals surface area contributed by atoms with Crippen molar-refractivity contribution in [3.05, 3.63) is 179 Å². The summed E-state index contributed by atoms with van der Waals surface area (Å²) in [6.07, 6.45) is 20.0. The van der Waals surface area contributed by atoms with Gasteiger partial charge in [-0.2, -0.15) is 0 Å². The van der Waals surface area contributed by atoms with E-state index in [9.17, 15) is 9.59 Å². The minimum atomic E-state index is 0.191. The van der Waals surface area contributed by atoms with Gasteiger partial charge in [-0.15, -0.1) is 0 Å². The average Bonchev–Trinajstić information content (AvgIpc) is 3.39. The van der Waals surface area contributed by atoms with Crippen molar-refractivity contribution in [2.24, 2.45) is 0 Å². The Morgan fingerprint density at radius 1 is 0.414 bits per heavy atom. The molecule has 10 heteroatoms. The van der Waals surface area contributed by atoms with Crippen LogP contribution in [0.4, 0.5) is 22.7 Å². The van der Waals surface area contributed by atoms with Crippen LogP contribution in [0.2, 0.25) is 0 Å². The van der Waals surface area contributed by atoms with E-state index in [1.54, 1.807) is 0 Å². The molecule has 0 aromatic heterocycles. The van der Waals surface area contributed by atoms with E-state index in [-0.39, 0.29) is 11.8 Å². The van der Waals surface area contributed by atoms with Gasteiger partial charge < -0.3 is 29.4 Å². The number of allylic oxidation sites excluding steroid dienone is 10. The molecule has 0 spiro atoms. The van der Waals surface area contributed by atoms with E-state index >= 15 is 0 Å². The molecule has 0 saturated carbocycles. The Kier molecular flexibility index (Phi) is 15.8. The van der Waals surface area contributed by atoms with Crippen molar-refractivity contribution in [3.8, 4) is 0 Å². The molecule has 2 saturated heterocycles. The number of hydrogen-bond acceptors (Lipinski definition) is 6. The maximum atomic E-state index is 13.3. The van der Waals surface area contributed by atoms with E-state index in [2.05, 4.69) is 231 Å². The number of benzene rings is 4. The first-order valence-corrected chi connectivity index (χ1v) is 24.9. The lowest BCUT2D eigenvalue weighted by Gasteiger charge is -2.36. The largest absolute Gasteiger partial charge is 0.378 e. The molecule has 4 aliphatic rings. The topological polar surface area (TPSA) is 59.6 Å². The Labute approximate surface area is 417 Å². The molecule has 4 aromatic rings. The molecule has 4 aromatic carbocycles. The summed E-state index contributed by atoms with van der Waals surface area (Å²) in [5, 5.41) is 0. The average molecular weight is 937 g/mol. The van der Waals surface area contributed by atoms with E-state index in [1.807, 2.05) is 9.80 Å². The zero-order valence-corrected chi connectivity index (χ0v) is 42.7. The zero-order chi connectivity index (χ0) is 49.3. The third-order valence-electron chi connectivity index (χ3n) is 14.0. The van der Waals surface area contributed by atoms with E-state index in [4.69, 9.17) is 0 Å². The molecule has 2 fully saturated rings. The lowest BCUT2D eigenvalue weighted by atomic mass is 9.90. The molecule has 8 rings (SSSR count). The van der Waals surface area contributed by atoms with Crippen LogP contribution in [0.5, 0.6) is 0 Å². The van der Waals surface area contributed by atoms with Crippen molar-refractivity contribution >= 4 is 57.1 Å². The number of nitrogens with zero attached hydrogens (tertiary/aromatic N) is 8. The summed E-state index contributed by atoms with van der Waals surface area (Å²) in [6, 6.07) is 35.4. The highest BCUT2D eigenvalue weighted by molar-refractivity contribution is 6.05. The zero-order valence-electron chi connectivity index (χ0n) is 42.7. The van der Waals surface area contributed by atoms with Gasteiger partial charge in [-0.3, -0.25) is 9.59 Å². The second-order valence-corrected chi connectivity index (χ2v) is 19.6. The quantitative estimate of drug-likeness (QED) is 0.0990. The summed E-state index contributed by atoms with van der Waals surface area (Å²) < 4.78 is 4.25. The highest BCUT2D eigenvalue weighted by Gasteiger charge is 2.24. The molecule has 2 aliphatic heterocycles. The monoisotopic (exact) mass is 937 g/mol. The van der Waals surface area contributed by atoms with Gasteiger partial charge in [0.15, 0.2) is 11.4 Å². The Morgan fingerprint density at radius 2 is 0.700 bits per heavy atom. The molecule has 0 N–H and O–H groups in total. The van der Waals surface area contributed by atoms with Gasteiger partial charge in [0.1, 0.15) is 28.2 Å². The first kappa shape index (κ1) is 49.2. The summed E-state index contributed by atoms with van der Waals surface area (Å²) >= 11 is 0. The van der Waals surface area contributed by atoms with Crippen molar-refractivity contribution in [1.82, 2.24) is 9.80 Å². The number of hydrogen-bond donors (Lipinski definition) is 0. The molecule has 70 heavy (non-hydrogen) atoms. The normalized spacial score (nSPS) is 15.7. The summed E-state index contributed by atoms with van der Waals surface area (Å²) in [7, 11) is 16.5. The van der Waals surface area contributed by atoms with Gasteiger partial charge in [0.25, 0.3) is 0 Å². The maximum absolute atomic E-state index is 13.3. The fourth-order valence-electron chi connectivity index (χ4n) is 9.68. The van der Waals surface area contributed by atoms with Crippen molar-refractivity contribution in [1.29, 1.82) is 0 Å². The van der Waals surface area contributed by atoms with Gasteiger partial charge in [0, 0.05) is 140 Å². The molecule has 10 nitrogen and oxygen atoms in total. The van der Waals surface area contributed by atoms with E-state index in [0.29, 0.717) is 39.0 Å². The maximum Gasteiger partial charge on any atom is 0.222 e. The fraction of sp³-hybridized carbons (Fsp3) is 0.333. The van der Waals surface area contributed by atoms with Crippen LogP contribution in [0.15, 0.2) is 157 Å². The Hall–Kier alpha value is -7.20. The van der Waals surface area contributed by atoms with E-state index < -0.39 is 0 Å². The molecular weight excluding hydrogens is 865 g/mol. The summed E-state index contributed by atoms with van der Waals surface area (Å²) in [5.74, 6) is 0.382. The second kappa shape index (κ2) is 22.5. The number of anilines is 4. The Morgan fingerprint density at radius 3 is 0.971 bits per heavy atom. The molecule has 0 unspecified atom stereocenters. The molecule has 362 valence electrons. The SMILES string of the molecule is CN(C)c1ccc(C(=C2C=CC(=[N+](C)C)C=C2)c2ccc(N3CCN(C(=O)CCCCC(=O)N4CCN(c5ccc(C(=C6C=CC(=[N+](C)C)C=C6)c6ccc(N(C)C)cc6)cc5)CC4)CC3)cc2)cc1. The van der Waals surface area contributed by atoms with Crippen LogP contribution in [-0.2, 0) is 9.59 Å². The number of carbonyl (C=O) groups excluding carboxylic acids is 2. The molecule has 0 atom stereocenters. The molecule has 0 bridgehead atoms. The Bertz CT molecular complexity index is 2530. The van der Waals surface area contributed by atoms with Crippen LogP contribution < -0.4 is 19.6 Å². The van der Waals surface area contributed by atoms with Crippen molar-refractivity contribution in [3.63, 3.8) is 0 Å². The number of amides is 2. The lowest BCUT2D eigenvalue weighted by molar-refractivity contribution is -0.462. The number of rotatable bonds is 13. The number of carbonyl (C=O) groups is 2. The first-order chi connectivity index (χ1) is 33.8. The van der Waals surface area contributed by atoms with Crippen LogP contribution in [-0.4, -0.2) is 151 Å². The van der Waals surface area contributed by atoms with Crippen LogP contribution in [0, 0.1) is 0 Å². The van der Waals surface area contributed by atoms with Crippen LogP contribution >= 0.6 is 0 Å². The highest BCUT2D eigenvalue weighted by Crippen LogP contribution is 2.34. The van der Waals surface area contributed by atoms with Crippen molar-refractivity contribution < 1.29 is 18.7 Å². The van der Waals surface area contributed by atoms with E-state index in [1.165, 1.54) is 78.7 Å². The standard InChI is InChI=1S/C60H72N8O2/c1-61(2)51-25-13-45(14-26-51)59(46-15-27-52(28-16-46)62(3)4)49-21-33-55(34-22-49)65-37-41-67(42-38-65)57(69)11-9-10-12-58(70)68-43-39-66(40-44-68)56-35-23-50(24-36-56)60(47-17-29-53(30-18-47)63(5)6)48-19-31-54(32-20-48)64(7)8/h13-36H,9-12,37-44H2,1-8H3/q+2. The summed E-state index contributed by atoms with van der Waals surface area (Å²) in [6.45, 7) is 6.00. The molecule has 2 heterocycles. The van der Waals surface area contributed by atoms with Gasteiger partial charge in [-0.1, -0.05) is 48.5 Å². The second-order valence-electron chi connectivity index (χ2n) is 19.6.